The highest BCUT2D eigenvalue weighted by Crippen LogP contribution is 2.40. The molecule has 0 aliphatic heterocycles. The number of methoxy groups -OCH3 is 1. The van der Waals surface area contributed by atoms with Crippen LogP contribution in [0.15, 0.2) is 16.6 Å². The van der Waals surface area contributed by atoms with Crippen molar-refractivity contribution >= 4 is 21.9 Å². The second-order valence-electron chi connectivity index (χ2n) is 5.17. The summed E-state index contributed by atoms with van der Waals surface area (Å²) in [6.07, 6.45) is 4.15. The minimum Gasteiger partial charge on any atom is -0.469 e. The lowest BCUT2D eigenvalue weighted by Crippen LogP contribution is -2.22. The van der Waals surface area contributed by atoms with Gasteiger partial charge in [-0.2, -0.15) is 0 Å². The van der Waals surface area contributed by atoms with Gasteiger partial charge in [-0.3, -0.25) is 4.79 Å². The van der Waals surface area contributed by atoms with E-state index in [1.54, 1.807) is 6.07 Å². The van der Waals surface area contributed by atoms with Crippen molar-refractivity contribution in [1.29, 1.82) is 0 Å². The third-order valence-corrected chi connectivity index (χ3v) is 4.79. The molecule has 4 heteroatoms. The fourth-order valence-corrected chi connectivity index (χ4v) is 3.22. The van der Waals surface area contributed by atoms with E-state index in [-0.39, 0.29) is 17.7 Å². The van der Waals surface area contributed by atoms with Crippen molar-refractivity contribution in [2.45, 2.75) is 38.5 Å². The number of halogens is 2. The second kappa shape index (κ2) is 6.04. The summed E-state index contributed by atoms with van der Waals surface area (Å²) >= 11 is 3.31. The van der Waals surface area contributed by atoms with E-state index in [4.69, 9.17) is 4.74 Å². The van der Waals surface area contributed by atoms with Crippen LogP contribution < -0.4 is 0 Å². The van der Waals surface area contributed by atoms with Gasteiger partial charge in [0.2, 0.25) is 0 Å². The molecule has 0 unspecified atom stereocenters. The fraction of sp³-hybridized carbons (Fsp3) is 0.533. The molecule has 0 saturated heterocycles. The molecule has 0 N–H and O–H groups in total. The van der Waals surface area contributed by atoms with Crippen LogP contribution in [0.5, 0.6) is 0 Å². The van der Waals surface area contributed by atoms with Crippen molar-refractivity contribution in [1.82, 2.24) is 0 Å². The van der Waals surface area contributed by atoms with E-state index < -0.39 is 5.92 Å². The zero-order valence-corrected chi connectivity index (χ0v) is 12.8. The molecule has 2 rings (SSSR count). The highest BCUT2D eigenvalue weighted by atomic mass is 79.9. The van der Waals surface area contributed by atoms with Gasteiger partial charge in [0, 0.05) is 10.0 Å². The average Bonchev–Trinajstić information content (AvgIpc) is 2.89. The topological polar surface area (TPSA) is 26.3 Å². The van der Waals surface area contributed by atoms with E-state index in [0.717, 1.165) is 35.7 Å². The van der Waals surface area contributed by atoms with Crippen molar-refractivity contribution < 1.29 is 13.9 Å². The first-order valence-corrected chi connectivity index (χ1v) is 7.37. The van der Waals surface area contributed by atoms with Gasteiger partial charge in [-0.05, 0) is 37.3 Å². The molecule has 104 valence electrons. The van der Waals surface area contributed by atoms with Crippen molar-refractivity contribution in [3.63, 3.8) is 0 Å². The standard InChI is InChI=1S/C15H18BrFO2/c1-9-7-11(13(17)8-12(9)16)14(15(18)19-2)10-5-3-4-6-10/h7-8,10,14H,3-6H2,1-2H3/t14-/m0/s1. The average molecular weight is 329 g/mol. The molecule has 2 nitrogen and oxygen atoms in total. The lowest BCUT2D eigenvalue weighted by atomic mass is 9.84. The quantitative estimate of drug-likeness (QED) is 0.771. The maximum Gasteiger partial charge on any atom is 0.313 e. The van der Waals surface area contributed by atoms with Gasteiger partial charge in [0.1, 0.15) is 5.82 Å². The van der Waals surface area contributed by atoms with E-state index >= 15 is 0 Å². The molecule has 1 atom stereocenters. The van der Waals surface area contributed by atoms with Crippen molar-refractivity contribution in [2.75, 3.05) is 7.11 Å². The summed E-state index contributed by atoms with van der Waals surface area (Å²) < 4.78 is 19.8. The lowest BCUT2D eigenvalue weighted by Gasteiger charge is -2.22. The summed E-state index contributed by atoms with van der Waals surface area (Å²) in [5.74, 6) is -0.936. The molecule has 0 amide bonds. The van der Waals surface area contributed by atoms with Gasteiger partial charge in [-0.25, -0.2) is 4.39 Å². The fourth-order valence-electron chi connectivity index (χ4n) is 2.91. The van der Waals surface area contributed by atoms with E-state index in [9.17, 15) is 9.18 Å². The number of esters is 1. The van der Waals surface area contributed by atoms with Crippen LogP contribution >= 0.6 is 15.9 Å². The number of ether oxygens (including phenoxy) is 1. The Morgan fingerprint density at radius 2 is 2.05 bits per heavy atom. The first-order chi connectivity index (χ1) is 9.04. The van der Waals surface area contributed by atoms with Crippen LogP contribution in [0.2, 0.25) is 0 Å². The Hall–Kier alpha value is -0.900. The van der Waals surface area contributed by atoms with E-state index in [2.05, 4.69) is 15.9 Å². The first kappa shape index (κ1) is 14.5. The molecule has 1 saturated carbocycles. The van der Waals surface area contributed by atoms with Crippen LogP contribution in [-0.4, -0.2) is 13.1 Å². The van der Waals surface area contributed by atoms with Crippen molar-refractivity contribution in [3.05, 3.63) is 33.5 Å². The minimum atomic E-state index is -0.473. The van der Waals surface area contributed by atoms with Gasteiger partial charge in [-0.1, -0.05) is 34.8 Å². The molecular formula is C15H18BrFO2. The lowest BCUT2D eigenvalue weighted by molar-refractivity contribution is -0.143. The van der Waals surface area contributed by atoms with Crippen molar-refractivity contribution in [2.24, 2.45) is 5.92 Å². The third-order valence-electron chi connectivity index (χ3n) is 3.94. The summed E-state index contributed by atoms with van der Waals surface area (Å²) in [6, 6.07) is 3.20. The number of carbonyl (C=O) groups excluding carboxylic acids is 1. The summed E-state index contributed by atoms with van der Waals surface area (Å²) in [7, 11) is 1.37. The summed E-state index contributed by atoms with van der Waals surface area (Å²) in [6.45, 7) is 1.90. The zero-order chi connectivity index (χ0) is 14.0. The Balaban J connectivity index is 2.42. The zero-order valence-electron chi connectivity index (χ0n) is 11.2. The smallest absolute Gasteiger partial charge is 0.313 e. The maximum atomic E-state index is 14.2. The summed E-state index contributed by atoms with van der Waals surface area (Å²) in [4.78, 5) is 12.0. The third kappa shape index (κ3) is 2.99. The predicted octanol–water partition coefficient (Wildman–Crippen LogP) is 4.34. The van der Waals surface area contributed by atoms with Gasteiger partial charge in [-0.15, -0.1) is 0 Å². The normalized spacial score (nSPS) is 17.5. The Bertz CT molecular complexity index is 481. The summed E-state index contributed by atoms with van der Waals surface area (Å²) in [5, 5.41) is 0. The molecule has 19 heavy (non-hydrogen) atoms. The van der Waals surface area contributed by atoms with E-state index in [0.29, 0.717) is 5.56 Å². The van der Waals surface area contributed by atoms with Crippen LogP contribution in [0.4, 0.5) is 4.39 Å². The maximum absolute atomic E-state index is 14.2. The molecule has 0 radical (unpaired) electrons. The molecule has 0 aromatic heterocycles. The number of benzene rings is 1. The van der Waals surface area contributed by atoms with Gasteiger partial charge in [0.05, 0.1) is 13.0 Å². The number of rotatable bonds is 3. The monoisotopic (exact) mass is 328 g/mol. The Morgan fingerprint density at radius 1 is 1.42 bits per heavy atom. The Kier molecular flexibility index (Phi) is 4.61. The van der Waals surface area contributed by atoms with Crippen LogP contribution in [0.25, 0.3) is 0 Å². The SMILES string of the molecule is COC(=O)[C@H](c1cc(C)c(Br)cc1F)C1CCCC1. The van der Waals surface area contributed by atoms with Gasteiger partial charge < -0.3 is 4.74 Å². The van der Waals surface area contributed by atoms with Crippen molar-refractivity contribution in [3.8, 4) is 0 Å². The number of hydrogen-bond acceptors (Lipinski definition) is 2. The minimum absolute atomic E-state index is 0.197. The van der Waals surface area contributed by atoms with Crippen LogP contribution in [0, 0.1) is 18.7 Å². The van der Waals surface area contributed by atoms with E-state index in [1.807, 2.05) is 6.92 Å². The van der Waals surface area contributed by atoms with Crippen LogP contribution in [0.1, 0.15) is 42.7 Å². The molecular weight excluding hydrogens is 311 g/mol. The Labute approximate surface area is 121 Å². The Morgan fingerprint density at radius 3 is 2.63 bits per heavy atom. The molecule has 0 spiro atoms. The van der Waals surface area contributed by atoms with Gasteiger partial charge in [0.15, 0.2) is 0 Å². The predicted molar refractivity (Wildman–Crippen MR) is 75.6 cm³/mol. The van der Waals surface area contributed by atoms with Gasteiger partial charge in [0.25, 0.3) is 0 Å². The molecule has 0 heterocycles. The largest absolute Gasteiger partial charge is 0.469 e. The molecule has 1 fully saturated rings. The second-order valence-corrected chi connectivity index (χ2v) is 6.02. The van der Waals surface area contributed by atoms with Gasteiger partial charge >= 0.3 is 5.97 Å². The first-order valence-electron chi connectivity index (χ1n) is 6.58. The highest BCUT2D eigenvalue weighted by molar-refractivity contribution is 9.10. The molecule has 1 aromatic rings. The summed E-state index contributed by atoms with van der Waals surface area (Å²) in [5.41, 5.74) is 1.41. The number of hydrogen-bond donors (Lipinski definition) is 0. The number of aryl methyl sites for hydroxylation is 1. The highest BCUT2D eigenvalue weighted by Gasteiger charge is 2.34. The molecule has 1 aliphatic carbocycles. The molecule has 1 aromatic carbocycles. The molecule has 1 aliphatic rings. The van der Waals surface area contributed by atoms with E-state index in [1.165, 1.54) is 13.2 Å². The number of carbonyl (C=O) groups is 1. The van der Waals surface area contributed by atoms with Crippen LogP contribution in [-0.2, 0) is 9.53 Å². The van der Waals surface area contributed by atoms with Crippen LogP contribution in [0.3, 0.4) is 0 Å². The molecule has 0 bridgehead atoms.